The lowest BCUT2D eigenvalue weighted by Gasteiger charge is -2.56. The first-order valence-corrected chi connectivity index (χ1v) is 10.3. The van der Waals surface area contributed by atoms with Crippen LogP contribution < -0.4 is 0 Å². The van der Waals surface area contributed by atoms with Crippen molar-refractivity contribution < 1.29 is 14.7 Å². The van der Waals surface area contributed by atoms with Crippen molar-refractivity contribution >= 4 is 11.7 Å². The maximum Gasteiger partial charge on any atom is 0.253 e. The number of aliphatic hydroxyl groups is 1. The van der Waals surface area contributed by atoms with E-state index in [-0.39, 0.29) is 11.9 Å². The second-order valence-corrected chi connectivity index (χ2v) is 8.50. The molecule has 1 fully saturated rings. The van der Waals surface area contributed by atoms with Gasteiger partial charge in [-0.15, -0.1) is 0 Å². The Labute approximate surface area is 176 Å². The van der Waals surface area contributed by atoms with Crippen LogP contribution in [0.5, 0.6) is 0 Å². The number of rotatable bonds is 1. The van der Waals surface area contributed by atoms with Crippen molar-refractivity contribution in [2.45, 2.75) is 37.5 Å². The first-order valence-electron chi connectivity index (χ1n) is 10.3. The third kappa shape index (κ3) is 2.57. The van der Waals surface area contributed by atoms with E-state index in [2.05, 4.69) is 41.4 Å². The van der Waals surface area contributed by atoms with Crippen LogP contribution in [0.4, 0.5) is 0 Å². The monoisotopic (exact) mass is 403 g/mol. The first kappa shape index (κ1) is 19.0. The van der Waals surface area contributed by atoms with Gasteiger partial charge in [-0.1, -0.05) is 48.5 Å². The number of likely N-dealkylation sites (N-methyl/N-ethyl adjacent to an activating group) is 1. The predicted octanol–water partition coefficient (Wildman–Crippen LogP) is 2.04. The molecule has 0 radical (unpaired) electrons. The van der Waals surface area contributed by atoms with Gasteiger partial charge in [0.15, 0.2) is 11.3 Å². The third-order valence-electron chi connectivity index (χ3n) is 6.73. The number of hydrogen-bond acceptors (Lipinski definition) is 5. The lowest BCUT2D eigenvalue weighted by Crippen LogP contribution is -2.74. The zero-order valence-corrected chi connectivity index (χ0v) is 17.2. The largest absolute Gasteiger partial charge is 0.382 e. The van der Waals surface area contributed by atoms with E-state index in [0.29, 0.717) is 6.67 Å². The van der Waals surface area contributed by atoms with Crippen LogP contribution >= 0.6 is 0 Å². The summed E-state index contributed by atoms with van der Waals surface area (Å²) in [6, 6.07) is 16.7. The molecular formula is C24H25N3O3. The Morgan fingerprint density at radius 1 is 0.967 bits per heavy atom. The fourth-order valence-corrected chi connectivity index (χ4v) is 5.12. The Balaban J connectivity index is 1.73. The summed E-state index contributed by atoms with van der Waals surface area (Å²) in [6.45, 7) is 2.01. The minimum Gasteiger partial charge on any atom is -0.382 e. The third-order valence-corrected chi connectivity index (χ3v) is 6.73. The van der Waals surface area contributed by atoms with Crippen LogP contribution in [-0.2, 0) is 22.4 Å². The Morgan fingerprint density at radius 2 is 1.53 bits per heavy atom. The molecule has 0 aromatic heterocycles. The lowest BCUT2D eigenvalue weighted by atomic mass is 9.85. The Hall–Kier alpha value is -2.96. The minimum atomic E-state index is -1.42. The topological polar surface area (TPSA) is 64.1 Å². The van der Waals surface area contributed by atoms with Crippen LogP contribution in [0.25, 0.3) is 0 Å². The molecule has 154 valence electrons. The van der Waals surface area contributed by atoms with Crippen LogP contribution in [0.2, 0.25) is 0 Å². The number of fused-ring (bicyclic) bond motifs is 3. The summed E-state index contributed by atoms with van der Waals surface area (Å²) in [4.78, 5) is 27.0. The van der Waals surface area contributed by atoms with Crippen molar-refractivity contribution in [2.75, 3.05) is 13.7 Å². The van der Waals surface area contributed by atoms with E-state index < -0.39 is 17.4 Å². The number of hydrogen-bond donors (Lipinski definition) is 1. The minimum absolute atomic E-state index is 0.139. The molecule has 5 rings (SSSR count). The van der Waals surface area contributed by atoms with E-state index in [0.717, 1.165) is 12.8 Å². The highest BCUT2D eigenvalue weighted by molar-refractivity contribution is 6.02. The van der Waals surface area contributed by atoms with E-state index in [1.165, 1.54) is 28.3 Å². The van der Waals surface area contributed by atoms with Crippen molar-refractivity contribution in [3.8, 4) is 0 Å². The zero-order chi connectivity index (χ0) is 21.0. The number of carbonyl (C=O) groups excluding carboxylic acids is 2. The smallest absolute Gasteiger partial charge is 0.253 e. The first-order chi connectivity index (χ1) is 14.4. The van der Waals surface area contributed by atoms with E-state index in [4.69, 9.17) is 0 Å². The molecule has 2 unspecified atom stereocenters. The van der Waals surface area contributed by atoms with E-state index in [1.54, 1.807) is 30.1 Å². The summed E-state index contributed by atoms with van der Waals surface area (Å²) >= 11 is 0. The molecule has 30 heavy (non-hydrogen) atoms. The van der Waals surface area contributed by atoms with Crippen LogP contribution in [0.1, 0.15) is 35.2 Å². The highest BCUT2D eigenvalue weighted by Gasteiger charge is 2.57. The van der Waals surface area contributed by atoms with Crippen molar-refractivity contribution in [1.29, 1.82) is 0 Å². The van der Waals surface area contributed by atoms with Gasteiger partial charge in [-0.2, -0.15) is 5.01 Å². The van der Waals surface area contributed by atoms with Gasteiger partial charge in [-0.25, -0.2) is 0 Å². The zero-order valence-electron chi connectivity index (χ0n) is 17.2. The van der Waals surface area contributed by atoms with Crippen LogP contribution in [0.15, 0.2) is 60.8 Å². The molecule has 0 saturated carbocycles. The van der Waals surface area contributed by atoms with Gasteiger partial charge in [-0.05, 0) is 42.0 Å². The number of aliphatic hydroxyl groups excluding tert-OH is 1. The summed E-state index contributed by atoms with van der Waals surface area (Å²) in [5.41, 5.74) is 3.55. The van der Waals surface area contributed by atoms with Crippen molar-refractivity contribution in [3.05, 3.63) is 83.1 Å². The van der Waals surface area contributed by atoms with E-state index in [9.17, 15) is 14.7 Å². The number of amides is 1. The molecule has 2 aromatic rings. The van der Waals surface area contributed by atoms with Gasteiger partial charge in [0.1, 0.15) is 6.10 Å². The predicted molar refractivity (Wildman–Crippen MR) is 112 cm³/mol. The molecule has 6 heteroatoms. The lowest BCUT2D eigenvalue weighted by molar-refractivity contribution is -0.204. The normalized spacial score (nSPS) is 26.8. The summed E-state index contributed by atoms with van der Waals surface area (Å²) < 4.78 is 0. The number of ketones is 1. The Kier molecular flexibility index (Phi) is 4.31. The quantitative estimate of drug-likeness (QED) is 0.790. The fraction of sp³-hybridized carbons (Fsp3) is 0.333. The van der Waals surface area contributed by atoms with Gasteiger partial charge in [0.05, 0.1) is 12.7 Å². The summed E-state index contributed by atoms with van der Waals surface area (Å²) in [7, 11) is 1.72. The number of aryl methyl sites for hydroxylation is 2. The second kappa shape index (κ2) is 6.79. The second-order valence-electron chi connectivity index (χ2n) is 8.50. The van der Waals surface area contributed by atoms with E-state index >= 15 is 0 Å². The molecule has 2 aliphatic heterocycles. The van der Waals surface area contributed by atoms with Crippen molar-refractivity contribution in [3.63, 3.8) is 0 Å². The number of nitrogens with zero attached hydrogens (tertiary/aromatic N) is 3. The average molecular weight is 403 g/mol. The van der Waals surface area contributed by atoms with Crippen molar-refractivity contribution in [2.24, 2.45) is 0 Å². The Bertz CT molecular complexity index is 1020. The number of benzene rings is 2. The summed E-state index contributed by atoms with van der Waals surface area (Å²) in [6.07, 6.45) is 3.49. The van der Waals surface area contributed by atoms with E-state index in [1.807, 2.05) is 12.1 Å². The molecule has 1 N–H and O–H groups in total. The molecule has 2 aromatic carbocycles. The summed E-state index contributed by atoms with van der Waals surface area (Å²) in [5.74, 6) is -0.710. The van der Waals surface area contributed by atoms with Crippen LogP contribution in [-0.4, -0.2) is 57.1 Å². The van der Waals surface area contributed by atoms with Crippen LogP contribution in [0, 0.1) is 0 Å². The maximum atomic E-state index is 13.1. The molecule has 0 spiro atoms. The molecule has 2 heterocycles. The maximum absolute atomic E-state index is 13.1. The molecular weight excluding hydrogens is 378 g/mol. The number of carbonyl (C=O) groups is 2. The highest BCUT2D eigenvalue weighted by Crippen LogP contribution is 2.42. The fourth-order valence-electron chi connectivity index (χ4n) is 5.12. The highest BCUT2D eigenvalue weighted by atomic mass is 16.3. The van der Waals surface area contributed by atoms with Gasteiger partial charge < -0.3 is 10.0 Å². The molecule has 2 atom stereocenters. The van der Waals surface area contributed by atoms with Gasteiger partial charge in [-0.3, -0.25) is 14.6 Å². The van der Waals surface area contributed by atoms with Gasteiger partial charge >= 0.3 is 0 Å². The van der Waals surface area contributed by atoms with Crippen molar-refractivity contribution in [1.82, 2.24) is 14.9 Å². The molecule has 1 amide bonds. The molecule has 0 bridgehead atoms. The average Bonchev–Trinajstić information content (AvgIpc) is 2.92. The molecule has 1 aliphatic carbocycles. The van der Waals surface area contributed by atoms with Gasteiger partial charge in [0.25, 0.3) is 5.91 Å². The summed E-state index contributed by atoms with van der Waals surface area (Å²) in [5, 5.41) is 14.7. The Morgan fingerprint density at radius 3 is 2.13 bits per heavy atom. The van der Waals surface area contributed by atoms with Gasteiger partial charge in [0.2, 0.25) is 0 Å². The SMILES string of the molecule is CN1CN(C2c3ccccc3CCc3ccccc32)N2C=CC(=O)C(O)C2(C)C1=O. The molecule has 3 aliphatic rings. The standard InChI is InChI=1S/C24H25N3O3/c1-24-22(29)20(28)13-14-27(24)26(15-25(2)23(24)30)21-18-9-5-3-7-16(18)11-12-17-8-4-6-10-19(17)21/h3-10,13-14,21-22,29H,11-12,15H2,1-2H3. The molecule has 1 saturated heterocycles. The molecule has 6 nitrogen and oxygen atoms in total. The number of hydrazine groups is 1. The van der Waals surface area contributed by atoms with Crippen LogP contribution in [0.3, 0.4) is 0 Å². The van der Waals surface area contributed by atoms with Gasteiger partial charge in [0, 0.05) is 19.3 Å².